The highest BCUT2D eigenvalue weighted by atomic mass is 35.5. The van der Waals surface area contributed by atoms with E-state index in [1.807, 2.05) is 41.3 Å². The first kappa shape index (κ1) is 21.2. The normalized spacial score (nSPS) is 13.9. The minimum atomic E-state index is -0.217. The van der Waals surface area contributed by atoms with Crippen LogP contribution in [0.3, 0.4) is 0 Å². The van der Waals surface area contributed by atoms with Crippen LogP contribution < -0.4 is 10.2 Å². The van der Waals surface area contributed by atoms with Gasteiger partial charge in [0.25, 0.3) is 5.91 Å². The summed E-state index contributed by atoms with van der Waals surface area (Å²) in [6.45, 7) is 1.88. The van der Waals surface area contributed by atoms with Crippen molar-refractivity contribution in [3.63, 3.8) is 0 Å². The first-order valence-electron chi connectivity index (χ1n) is 9.97. The van der Waals surface area contributed by atoms with Gasteiger partial charge in [-0.2, -0.15) is 0 Å². The molecule has 0 unspecified atom stereocenters. The predicted octanol–water partition coefficient (Wildman–Crippen LogP) is 6.08. The molecule has 4 rings (SSSR count). The molecule has 0 aromatic heterocycles. The van der Waals surface area contributed by atoms with Gasteiger partial charge in [0.2, 0.25) is 0 Å². The molecule has 0 saturated carbocycles. The summed E-state index contributed by atoms with van der Waals surface area (Å²) in [6, 6.07) is 21.5. The van der Waals surface area contributed by atoms with E-state index in [0.29, 0.717) is 40.9 Å². The number of rotatable bonds is 5. The van der Waals surface area contributed by atoms with Gasteiger partial charge < -0.3 is 10.2 Å². The molecule has 3 aromatic carbocycles. The van der Waals surface area contributed by atoms with Crippen LogP contribution >= 0.6 is 23.2 Å². The van der Waals surface area contributed by atoms with E-state index in [1.165, 1.54) is 0 Å². The Labute approximate surface area is 191 Å². The highest BCUT2D eigenvalue weighted by molar-refractivity contribution is 6.31. The Morgan fingerprint density at radius 3 is 2.35 bits per heavy atom. The van der Waals surface area contributed by atoms with Crippen LogP contribution in [-0.2, 0) is 6.54 Å². The average molecular weight is 454 g/mol. The summed E-state index contributed by atoms with van der Waals surface area (Å²) in [7, 11) is 0. The van der Waals surface area contributed by atoms with Crippen molar-refractivity contribution in [3.8, 4) is 0 Å². The van der Waals surface area contributed by atoms with Crippen molar-refractivity contribution in [1.82, 2.24) is 4.90 Å². The van der Waals surface area contributed by atoms with Gasteiger partial charge in [-0.15, -0.1) is 0 Å². The van der Waals surface area contributed by atoms with Crippen molar-refractivity contribution in [1.29, 1.82) is 0 Å². The quantitative estimate of drug-likeness (QED) is 0.508. The molecular formula is C24H21Cl2N3O2. The number of urea groups is 1. The van der Waals surface area contributed by atoms with Gasteiger partial charge in [-0.3, -0.25) is 9.69 Å². The topological polar surface area (TPSA) is 52.7 Å². The number of carbonyl (C=O) groups is 2. The summed E-state index contributed by atoms with van der Waals surface area (Å²) >= 11 is 11.9. The zero-order chi connectivity index (χ0) is 21.8. The minimum Gasteiger partial charge on any atom is -0.322 e. The molecule has 3 aromatic rings. The van der Waals surface area contributed by atoms with E-state index in [4.69, 9.17) is 23.2 Å². The summed E-state index contributed by atoms with van der Waals surface area (Å²) < 4.78 is 0. The number of carbonyl (C=O) groups excluding carboxylic acids is 2. The number of nitrogens with zero attached hydrogens (tertiary/aromatic N) is 2. The molecule has 7 heteroatoms. The number of hydrogen-bond acceptors (Lipinski definition) is 2. The fourth-order valence-corrected chi connectivity index (χ4v) is 3.89. The molecule has 1 aliphatic heterocycles. The second-order valence-corrected chi connectivity index (χ2v) is 8.22. The van der Waals surface area contributed by atoms with E-state index in [0.717, 1.165) is 17.7 Å². The highest BCUT2D eigenvalue weighted by Crippen LogP contribution is 2.24. The van der Waals surface area contributed by atoms with Crippen LogP contribution in [0.25, 0.3) is 0 Å². The Bertz CT molecular complexity index is 1080. The maximum Gasteiger partial charge on any atom is 0.324 e. The lowest BCUT2D eigenvalue weighted by molar-refractivity contribution is 0.102. The van der Waals surface area contributed by atoms with Gasteiger partial charge in [-0.25, -0.2) is 4.79 Å². The number of benzene rings is 3. The van der Waals surface area contributed by atoms with Crippen molar-refractivity contribution in [2.45, 2.75) is 13.0 Å². The van der Waals surface area contributed by atoms with Crippen LogP contribution in [0.1, 0.15) is 22.3 Å². The third-order valence-electron chi connectivity index (χ3n) is 5.12. The second-order valence-electron chi connectivity index (χ2n) is 7.35. The molecule has 1 heterocycles. The lowest BCUT2D eigenvalue weighted by Gasteiger charge is -2.35. The van der Waals surface area contributed by atoms with Crippen molar-refractivity contribution in [2.75, 3.05) is 23.3 Å². The smallest absolute Gasteiger partial charge is 0.322 e. The number of nitrogens with one attached hydrogen (secondary N) is 1. The summed E-state index contributed by atoms with van der Waals surface area (Å²) in [5.41, 5.74) is 2.98. The molecule has 1 saturated heterocycles. The molecule has 1 aliphatic rings. The van der Waals surface area contributed by atoms with Crippen LogP contribution in [0, 0.1) is 0 Å². The molecular weight excluding hydrogens is 433 g/mol. The minimum absolute atomic E-state index is 0.0378. The van der Waals surface area contributed by atoms with Gasteiger partial charge in [0.1, 0.15) is 0 Å². The number of anilines is 2. The van der Waals surface area contributed by atoms with Gasteiger partial charge in [0.05, 0.1) is 0 Å². The Morgan fingerprint density at radius 1 is 0.903 bits per heavy atom. The zero-order valence-corrected chi connectivity index (χ0v) is 18.2. The van der Waals surface area contributed by atoms with E-state index in [1.54, 1.807) is 41.3 Å². The van der Waals surface area contributed by atoms with Gasteiger partial charge in [0.15, 0.2) is 0 Å². The monoisotopic (exact) mass is 453 g/mol. The maximum atomic E-state index is 13.0. The SMILES string of the molecule is O=C(Nc1ccc(N2CCCN(Cc3cccc(Cl)c3)C2=O)cc1)c1ccc(Cl)cc1. The van der Waals surface area contributed by atoms with E-state index >= 15 is 0 Å². The Kier molecular flexibility index (Phi) is 6.44. The van der Waals surface area contributed by atoms with Gasteiger partial charge in [-0.1, -0.05) is 35.3 Å². The third kappa shape index (κ3) is 5.19. The van der Waals surface area contributed by atoms with Crippen molar-refractivity contribution in [2.24, 2.45) is 0 Å². The fraction of sp³-hybridized carbons (Fsp3) is 0.167. The number of amides is 3. The molecule has 5 nitrogen and oxygen atoms in total. The van der Waals surface area contributed by atoms with Gasteiger partial charge in [-0.05, 0) is 72.6 Å². The molecule has 158 valence electrons. The molecule has 31 heavy (non-hydrogen) atoms. The lowest BCUT2D eigenvalue weighted by atomic mass is 10.1. The predicted molar refractivity (Wildman–Crippen MR) is 125 cm³/mol. The van der Waals surface area contributed by atoms with E-state index in [9.17, 15) is 9.59 Å². The Morgan fingerprint density at radius 2 is 1.65 bits per heavy atom. The van der Waals surface area contributed by atoms with Crippen molar-refractivity contribution in [3.05, 3.63) is 94.0 Å². The highest BCUT2D eigenvalue weighted by Gasteiger charge is 2.26. The first-order chi connectivity index (χ1) is 15.0. The fourth-order valence-electron chi connectivity index (χ4n) is 3.55. The molecule has 3 amide bonds. The molecule has 0 spiro atoms. The Balaban J connectivity index is 1.42. The maximum absolute atomic E-state index is 13.0. The van der Waals surface area contributed by atoms with Crippen molar-refractivity contribution < 1.29 is 9.59 Å². The van der Waals surface area contributed by atoms with E-state index in [-0.39, 0.29) is 11.9 Å². The number of hydrogen-bond donors (Lipinski definition) is 1. The van der Waals surface area contributed by atoms with E-state index in [2.05, 4.69) is 5.32 Å². The third-order valence-corrected chi connectivity index (χ3v) is 5.60. The summed E-state index contributed by atoms with van der Waals surface area (Å²) in [5, 5.41) is 4.10. The Hall–Kier alpha value is -3.02. The van der Waals surface area contributed by atoms with Gasteiger partial charge >= 0.3 is 6.03 Å². The molecule has 1 fully saturated rings. The lowest BCUT2D eigenvalue weighted by Crippen LogP contribution is -2.49. The molecule has 1 N–H and O–H groups in total. The summed E-state index contributed by atoms with van der Waals surface area (Å²) in [6.07, 6.45) is 0.876. The van der Waals surface area contributed by atoms with Gasteiger partial charge in [0, 0.05) is 46.6 Å². The molecule has 0 aliphatic carbocycles. The van der Waals surface area contributed by atoms with Crippen LogP contribution in [0.15, 0.2) is 72.8 Å². The van der Waals surface area contributed by atoms with Crippen LogP contribution in [-0.4, -0.2) is 29.9 Å². The van der Waals surface area contributed by atoms with Crippen molar-refractivity contribution >= 4 is 46.5 Å². The molecule has 0 bridgehead atoms. The second kappa shape index (κ2) is 9.41. The largest absolute Gasteiger partial charge is 0.324 e. The summed E-state index contributed by atoms with van der Waals surface area (Å²) in [5.74, 6) is -0.217. The van der Waals surface area contributed by atoms with Crippen LogP contribution in [0.4, 0.5) is 16.2 Å². The first-order valence-corrected chi connectivity index (χ1v) is 10.7. The average Bonchev–Trinajstić information content (AvgIpc) is 2.76. The molecule has 0 atom stereocenters. The summed E-state index contributed by atoms with van der Waals surface area (Å²) in [4.78, 5) is 29.0. The number of halogens is 2. The van der Waals surface area contributed by atoms with Crippen LogP contribution in [0.2, 0.25) is 10.0 Å². The molecule has 0 radical (unpaired) electrons. The van der Waals surface area contributed by atoms with Crippen LogP contribution in [0.5, 0.6) is 0 Å². The van der Waals surface area contributed by atoms with E-state index < -0.39 is 0 Å². The zero-order valence-electron chi connectivity index (χ0n) is 16.7. The standard InChI is InChI=1S/C24H21Cl2N3O2/c25-19-7-5-18(6-8-19)23(30)27-21-9-11-22(12-10-21)29-14-2-13-28(24(29)31)16-17-3-1-4-20(26)15-17/h1,3-12,15H,2,13-14,16H2,(H,27,30).